The second-order valence-electron chi connectivity index (χ2n) is 6.55. The highest BCUT2D eigenvalue weighted by molar-refractivity contribution is 5.77. The summed E-state index contributed by atoms with van der Waals surface area (Å²) in [6.07, 6.45) is 5.07. The molecule has 1 saturated carbocycles. The van der Waals surface area contributed by atoms with Crippen molar-refractivity contribution in [3.05, 3.63) is 29.8 Å². The third-order valence-electron chi connectivity index (χ3n) is 5.06. The molecule has 4 nitrogen and oxygen atoms in total. The Bertz CT molecular complexity index is 509. The van der Waals surface area contributed by atoms with Gasteiger partial charge in [-0.05, 0) is 49.3 Å². The predicted molar refractivity (Wildman–Crippen MR) is 91.8 cm³/mol. The van der Waals surface area contributed by atoms with Crippen LogP contribution in [0.25, 0.3) is 0 Å². The SMILES string of the molecule is COc1cccc(C(C)CC(=O)N(C)C2CCC(OC)CC2)c1. The first-order valence-corrected chi connectivity index (χ1v) is 8.47. The van der Waals surface area contributed by atoms with Gasteiger partial charge in [0.25, 0.3) is 0 Å². The molecule has 0 bridgehead atoms. The van der Waals surface area contributed by atoms with Crippen LogP contribution < -0.4 is 4.74 Å². The van der Waals surface area contributed by atoms with E-state index in [9.17, 15) is 4.79 Å². The molecule has 1 aromatic carbocycles. The molecule has 1 aliphatic carbocycles. The summed E-state index contributed by atoms with van der Waals surface area (Å²) in [6, 6.07) is 8.33. The van der Waals surface area contributed by atoms with E-state index in [1.165, 1.54) is 0 Å². The van der Waals surface area contributed by atoms with Gasteiger partial charge in [-0.3, -0.25) is 4.79 Å². The Kier molecular flexibility index (Phi) is 6.46. The van der Waals surface area contributed by atoms with Crippen molar-refractivity contribution in [2.75, 3.05) is 21.3 Å². The third-order valence-corrected chi connectivity index (χ3v) is 5.06. The minimum absolute atomic E-state index is 0.190. The Labute approximate surface area is 139 Å². The molecule has 0 radical (unpaired) electrons. The van der Waals surface area contributed by atoms with Crippen LogP contribution in [0.2, 0.25) is 0 Å². The Morgan fingerprint density at radius 3 is 2.57 bits per heavy atom. The highest BCUT2D eigenvalue weighted by Gasteiger charge is 2.27. The second-order valence-corrected chi connectivity index (χ2v) is 6.55. The molecule has 0 N–H and O–H groups in total. The van der Waals surface area contributed by atoms with Gasteiger partial charge in [-0.25, -0.2) is 0 Å². The Hall–Kier alpha value is -1.55. The zero-order valence-corrected chi connectivity index (χ0v) is 14.7. The van der Waals surface area contributed by atoms with Crippen molar-refractivity contribution in [2.45, 2.75) is 57.1 Å². The topological polar surface area (TPSA) is 38.8 Å². The van der Waals surface area contributed by atoms with E-state index in [0.717, 1.165) is 37.0 Å². The fourth-order valence-electron chi connectivity index (χ4n) is 3.34. The molecule has 2 rings (SSSR count). The molecule has 1 aromatic rings. The molecular formula is C19H29NO3. The summed E-state index contributed by atoms with van der Waals surface area (Å²) in [4.78, 5) is 14.5. The molecule has 1 fully saturated rings. The Morgan fingerprint density at radius 2 is 1.96 bits per heavy atom. The van der Waals surface area contributed by atoms with Crippen LogP contribution in [0.3, 0.4) is 0 Å². The number of rotatable bonds is 6. The molecule has 0 saturated heterocycles. The van der Waals surface area contributed by atoms with Crippen LogP contribution in [0.15, 0.2) is 24.3 Å². The maximum absolute atomic E-state index is 12.6. The molecule has 1 atom stereocenters. The normalized spacial score (nSPS) is 22.4. The monoisotopic (exact) mass is 319 g/mol. The summed E-state index contributed by atoms with van der Waals surface area (Å²) in [5, 5.41) is 0. The summed E-state index contributed by atoms with van der Waals surface area (Å²) >= 11 is 0. The first-order chi connectivity index (χ1) is 11.0. The van der Waals surface area contributed by atoms with Gasteiger partial charge in [0.15, 0.2) is 0 Å². The van der Waals surface area contributed by atoms with Gasteiger partial charge < -0.3 is 14.4 Å². The van der Waals surface area contributed by atoms with Crippen LogP contribution in [0.4, 0.5) is 0 Å². The lowest BCUT2D eigenvalue weighted by Crippen LogP contribution is -2.40. The summed E-state index contributed by atoms with van der Waals surface area (Å²) in [6.45, 7) is 2.10. The molecule has 0 heterocycles. The molecular weight excluding hydrogens is 290 g/mol. The van der Waals surface area contributed by atoms with E-state index in [4.69, 9.17) is 9.47 Å². The Morgan fingerprint density at radius 1 is 1.26 bits per heavy atom. The molecule has 1 aliphatic rings. The average Bonchev–Trinajstić information content (AvgIpc) is 2.61. The first-order valence-electron chi connectivity index (χ1n) is 8.47. The van der Waals surface area contributed by atoms with E-state index in [1.54, 1.807) is 14.2 Å². The lowest BCUT2D eigenvalue weighted by molar-refractivity contribution is -0.133. The van der Waals surface area contributed by atoms with Crippen LogP contribution in [0.5, 0.6) is 5.75 Å². The zero-order valence-electron chi connectivity index (χ0n) is 14.7. The van der Waals surface area contributed by atoms with Gasteiger partial charge in [0.2, 0.25) is 5.91 Å². The standard InChI is InChI=1S/C19H29NO3/c1-14(15-6-5-7-18(13-15)23-4)12-19(21)20(2)16-8-10-17(22-3)11-9-16/h5-7,13-14,16-17H,8-12H2,1-4H3. The van der Waals surface area contributed by atoms with Crippen molar-refractivity contribution in [3.8, 4) is 5.75 Å². The Balaban J connectivity index is 1.90. The summed E-state index contributed by atoms with van der Waals surface area (Å²) in [7, 11) is 5.38. The fraction of sp³-hybridized carbons (Fsp3) is 0.632. The second kappa shape index (κ2) is 8.34. The highest BCUT2D eigenvalue weighted by Crippen LogP contribution is 2.27. The van der Waals surface area contributed by atoms with Crippen molar-refractivity contribution in [1.29, 1.82) is 0 Å². The van der Waals surface area contributed by atoms with E-state index in [-0.39, 0.29) is 11.8 Å². The number of methoxy groups -OCH3 is 2. The van der Waals surface area contributed by atoms with E-state index >= 15 is 0 Å². The molecule has 4 heteroatoms. The number of amides is 1. The first kappa shape index (κ1) is 17.8. The molecule has 128 valence electrons. The summed E-state index contributed by atoms with van der Waals surface area (Å²) in [5.74, 6) is 1.25. The molecule has 0 aromatic heterocycles. The zero-order chi connectivity index (χ0) is 16.8. The number of benzene rings is 1. The summed E-state index contributed by atoms with van der Waals surface area (Å²) < 4.78 is 10.7. The van der Waals surface area contributed by atoms with Crippen LogP contribution in [-0.2, 0) is 9.53 Å². The predicted octanol–water partition coefficient (Wildman–Crippen LogP) is 3.60. The van der Waals surface area contributed by atoms with Crippen LogP contribution in [0.1, 0.15) is 50.5 Å². The van der Waals surface area contributed by atoms with Crippen molar-refractivity contribution < 1.29 is 14.3 Å². The van der Waals surface area contributed by atoms with Crippen molar-refractivity contribution in [2.24, 2.45) is 0 Å². The number of carbonyl (C=O) groups excluding carboxylic acids is 1. The van der Waals surface area contributed by atoms with Gasteiger partial charge in [-0.15, -0.1) is 0 Å². The summed E-state index contributed by atoms with van der Waals surface area (Å²) in [5.41, 5.74) is 1.15. The highest BCUT2D eigenvalue weighted by atomic mass is 16.5. The van der Waals surface area contributed by atoms with Crippen LogP contribution >= 0.6 is 0 Å². The lowest BCUT2D eigenvalue weighted by atomic mass is 9.91. The molecule has 1 amide bonds. The third kappa shape index (κ3) is 4.71. The van der Waals surface area contributed by atoms with Gasteiger partial charge in [-0.2, -0.15) is 0 Å². The maximum atomic E-state index is 12.6. The minimum atomic E-state index is 0.190. The largest absolute Gasteiger partial charge is 0.497 e. The number of hydrogen-bond acceptors (Lipinski definition) is 3. The number of nitrogens with zero attached hydrogens (tertiary/aromatic N) is 1. The van der Waals surface area contributed by atoms with Crippen molar-refractivity contribution >= 4 is 5.91 Å². The van der Waals surface area contributed by atoms with Crippen molar-refractivity contribution in [1.82, 2.24) is 4.90 Å². The van der Waals surface area contributed by atoms with E-state index in [1.807, 2.05) is 30.1 Å². The molecule has 23 heavy (non-hydrogen) atoms. The number of ether oxygens (including phenoxy) is 2. The van der Waals surface area contributed by atoms with Gasteiger partial charge in [-0.1, -0.05) is 19.1 Å². The van der Waals surface area contributed by atoms with Crippen molar-refractivity contribution in [3.63, 3.8) is 0 Å². The molecule has 0 spiro atoms. The van der Waals surface area contributed by atoms with Gasteiger partial charge in [0.05, 0.1) is 13.2 Å². The van der Waals surface area contributed by atoms with Crippen LogP contribution in [-0.4, -0.2) is 44.2 Å². The van der Waals surface area contributed by atoms with Gasteiger partial charge in [0.1, 0.15) is 5.75 Å². The fourth-order valence-corrected chi connectivity index (χ4v) is 3.34. The maximum Gasteiger partial charge on any atom is 0.223 e. The number of hydrogen-bond donors (Lipinski definition) is 0. The molecule has 1 unspecified atom stereocenters. The number of carbonyl (C=O) groups is 1. The van der Waals surface area contributed by atoms with E-state index < -0.39 is 0 Å². The van der Waals surface area contributed by atoms with E-state index in [2.05, 4.69) is 13.0 Å². The average molecular weight is 319 g/mol. The van der Waals surface area contributed by atoms with Gasteiger partial charge in [0, 0.05) is 26.6 Å². The smallest absolute Gasteiger partial charge is 0.223 e. The van der Waals surface area contributed by atoms with E-state index in [0.29, 0.717) is 18.6 Å². The lowest BCUT2D eigenvalue weighted by Gasteiger charge is -2.34. The minimum Gasteiger partial charge on any atom is -0.497 e. The van der Waals surface area contributed by atoms with Crippen LogP contribution in [0, 0.1) is 0 Å². The van der Waals surface area contributed by atoms with Gasteiger partial charge >= 0.3 is 0 Å². The molecule has 0 aliphatic heterocycles. The quantitative estimate of drug-likeness (QED) is 0.804.